The zero-order valence-corrected chi connectivity index (χ0v) is 10.3. The van der Waals surface area contributed by atoms with Crippen LogP contribution in [0.5, 0.6) is 0 Å². The summed E-state index contributed by atoms with van der Waals surface area (Å²) in [5, 5.41) is 2.03. The molecule has 100 valence electrons. The highest BCUT2D eigenvalue weighted by Crippen LogP contribution is 2.17. The van der Waals surface area contributed by atoms with E-state index < -0.39 is 0 Å². The molecule has 0 bridgehead atoms. The molecule has 2 aliphatic rings. The van der Waals surface area contributed by atoms with Crippen LogP contribution in [0, 0.1) is 0 Å². The molecule has 0 aliphatic carbocycles. The van der Waals surface area contributed by atoms with Gasteiger partial charge in [0, 0.05) is 24.3 Å². The number of imide groups is 2. The number of nitrogens with zero attached hydrogens (tertiary/aromatic N) is 1. The molecule has 0 fully saturated rings. The summed E-state index contributed by atoms with van der Waals surface area (Å²) in [6.07, 6.45) is 4.94. The van der Waals surface area contributed by atoms with E-state index in [-0.39, 0.29) is 23.6 Å². The second-order valence-corrected chi connectivity index (χ2v) is 3.87. The van der Waals surface area contributed by atoms with E-state index in [9.17, 15) is 19.2 Å². The highest BCUT2D eigenvalue weighted by molar-refractivity contribution is 6.28. The Hall–Kier alpha value is -3.02. The molecule has 6 heteroatoms. The van der Waals surface area contributed by atoms with Crippen LogP contribution < -0.4 is 10.2 Å². The Morgan fingerprint density at radius 1 is 0.700 bits per heavy atom. The van der Waals surface area contributed by atoms with Gasteiger partial charge in [-0.05, 0) is 12.1 Å². The molecule has 2 aliphatic heterocycles. The van der Waals surface area contributed by atoms with Gasteiger partial charge in [0.25, 0.3) is 23.6 Å². The van der Waals surface area contributed by atoms with Crippen molar-refractivity contribution in [3.05, 3.63) is 54.6 Å². The quantitative estimate of drug-likeness (QED) is 0.745. The number of anilines is 1. The summed E-state index contributed by atoms with van der Waals surface area (Å²) in [6, 6.07) is 8.86. The first-order valence-corrected chi connectivity index (χ1v) is 5.72. The summed E-state index contributed by atoms with van der Waals surface area (Å²) in [6.45, 7) is 0. The van der Waals surface area contributed by atoms with Crippen LogP contribution >= 0.6 is 0 Å². The lowest BCUT2D eigenvalue weighted by molar-refractivity contribution is -0.124. The molecule has 0 unspecified atom stereocenters. The van der Waals surface area contributed by atoms with Crippen LogP contribution in [0.25, 0.3) is 0 Å². The highest BCUT2D eigenvalue weighted by Gasteiger charge is 2.24. The van der Waals surface area contributed by atoms with Crippen molar-refractivity contribution >= 4 is 29.3 Å². The van der Waals surface area contributed by atoms with Crippen LogP contribution in [0.4, 0.5) is 5.69 Å². The zero-order chi connectivity index (χ0) is 14.5. The third kappa shape index (κ3) is 3.05. The number of hydrogen-bond acceptors (Lipinski definition) is 4. The third-order valence-corrected chi connectivity index (χ3v) is 2.46. The van der Waals surface area contributed by atoms with Gasteiger partial charge in [0.1, 0.15) is 0 Å². The molecule has 0 spiro atoms. The van der Waals surface area contributed by atoms with Gasteiger partial charge in [-0.15, -0.1) is 0 Å². The first-order valence-electron chi connectivity index (χ1n) is 5.72. The number of benzene rings is 1. The first-order chi connectivity index (χ1) is 9.58. The summed E-state index contributed by atoms with van der Waals surface area (Å²) in [4.78, 5) is 43.6. The minimum Gasteiger partial charge on any atom is -0.289 e. The van der Waals surface area contributed by atoms with Crippen LogP contribution in [-0.2, 0) is 19.2 Å². The lowest BCUT2D eigenvalue weighted by atomic mass is 10.3. The number of rotatable bonds is 1. The normalized spacial score (nSPS) is 16.3. The lowest BCUT2D eigenvalue weighted by Gasteiger charge is -2.12. The van der Waals surface area contributed by atoms with E-state index in [4.69, 9.17) is 0 Å². The topological polar surface area (TPSA) is 83.5 Å². The van der Waals surface area contributed by atoms with Gasteiger partial charge in [0.2, 0.25) is 0 Å². The number of nitrogens with one attached hydrogen (secondary N) is 1. The zero-order valence-electron chi connectivity index (χ0n) is 10.3. The van der Waals surface area contributed by atoms with Crippen molar-refractivity contribution in [2.45, 2.75) is 0 Å². The molecule has 3 rings (SSSR count). The van der Waals surface area contributed by atoms with Crippen LogP contribution in [-0.4, -0.2) is 23.6 Å². The molecule has 4 amide bonds. The van der Waals surface area contributed by atoms with Crippen molar-refractivity contribution in [2.75, 3.05) is 4.90 Å². The Balaban J connectivity index is 0.000000178. The second-order valence-electron chi connectivity index (χ2n) is 3.87. The van der Waals surface area contributed by atoms with Crippen molar-refractivity contribution in [1.82, 2.24) is 5.32 Å². The van der Waals surface area contributed by atoms with E-state index in [0.29, 0.717) is 5.69 Å². The van der Waals surface area contributed by atoms with Crippen LogP contribution in [0.2, 0.25) is 0 Å². The number of carbonyl (C=O) groups is 4. The minimum absolute atomic E-state index is 0.281. The van der Waals surface area contributed by atoms with E-state index in [1.165, 1.54) is 24.3 Å². The van der Waals surface area contributed by atoms with Crippen LogP contribution in [0.15, 0.2) is 54.6 Å². The maximum atomic E-state index is 11.2. The number of para-hydroxylation sites is 1. The first kappa shape index (κ1) is 13.4. The predicted molar refractivity (Wildman–Crippen MR) is 70.4 cm³/mol. The van der Waals surface area contributed by atoms with Gasteiger partial charge >= 0.3 is 0 Å². The molecule has 6 nitrogen and oxygen atoms in total. The Morgan fingerprint density at radius 2 is 1.20 bits per heavy atom. The SMILES string of the molecule is O=C1C=CC(=O)N1.O=C1C=CC(=O)N1c1ccccc1. The molecule has 20 heavy (non-hydrogen) atoms. The van der Waals surface area contributed by atoms with Crippen molar-refractivity contribution in [2.24, 2.45) is 0 Å². The molecule has 1 N–H and O–H groups in total. The van der Waals surface area contributed by atoms with Gasteiger partial charge in [0.05, 0.1) is 5.69 Å². The highest BCUT2D eigenvalue weighted by atomic mass is 16.2. The minimum atomic E-state index is -0.329. The van der Waals surface area contributed by atoms with Gasteiger partial charge in [-0.2, -0.15) is 0 Å². The fraction of sp³-hybridized carbons (Fsp3) is 0. The average Bonchev–Trinajstić information content (AvgIpc) is 2.97. The van der Waals surface area contributed by atoms with E-state index in [1.54, 1.807) is 24.3 Å². The molecule has 0 aromatic heterocycles. The summed E-state index contributed by atoms with van der Waals surface area (Å²) in [5.41, 5.74) is 0.613. The van der Waals surface area contributed by atoms with E-state index in [1.807, 2.05) is 11.4 Å². The lowest BCUT2D eigenvalue weighted by Crippen LogP contribution is -2.29. The molecular weight excluding hydrogens is 260 g/mol. The second kappa shape index (κ2) is 5.75. The molecule has 0 saturated heterocycles. The van der Waals surface area contributed by atoms with Crippen LogP contribution in [0.3, 0.4) is 0 Å². The molecule has 0 saturated carbocycles. The fourth-order valence-corrected chi connectivity index (χ4v) is 1.59. The van der Waals surface area contributed by atoms with E-state index in [0.717, 1.165) is 4.90 Å². The Labute approximate surface area is 114 Å². The van der Waals surface area contributed by atoms with Gasteiger partial charge < -0.3 is 0 Å². The molecule has 0 atom stereocenters. The monoisotopic (exact) mass is 270 g/mol. The molecule has 1 aromatic carbocycles. The van der Waals surface area contributed by atoms with Gasteiger partial charge in [-0.25, -0.2) is 4.90 Å². The number of amides is 4. The fourth-order valence-electron chi connectivity index (χ4n) is 1.59. The standard InChI is InChI=1S/C10H7NO2.C4H3NO2/c12-9-6-7-10(13)11(9)8-4-2-1-3-5-8;6-3-1-2-4(7)5-3/h1-7H;1-2H,(H,5,6,7). The van der Waals surface area contributed by atoms with Gasteiger partial charge in [0.15, 0.2) is 0 Å². The summed E-state index contributed by atoms with van der Waals surface area (Å²) in [7, 11) is 0. The molecule has 1 aromatic rings. The average molecular weight is 270 g/mol. The van der Waals surface area contributed by atoms with E-state index in [2.05, 4.69) is 0 Å². The number of carbonyl (C=O) groups excluding carboxylic acids is 4. The molecule has 0 radical (unpaired) electrons. The van der Waals surface area contributed by atoms with E-state index >= 15 is 0 Å². The van der Waals surface area contributed by atoms with Crippen molar-refractivity contribution < 1.29 is 19.2 Å². The van der Waals surface area contributed by atoms with Gasteiger partial charge in [-0.3, -0.25) is 24.5 Å². The van der Waals surface area contributed by atoms with Crippen LogP contribution in [0.1, 0.15) is 0 Å². The largest absolute Gasteiger partial charge is 0.289 e. The predicted octanol–water partition coefficient (Wildman–Crippen LogP) is 0.315. The maximum absolute atomic E-state index is 11.2. The Bertz CT molecular complexity index is 598. The maximum Gasteiger partial charge on any atom is 0.258 e. The molecular formula is C14H10N2O4. The summed E-state index contributed by atoms with van der Waals surface area (Å²) in [5.74, 6) is -1.22. The van der Waals surface area contributed by atoms with Crippen molar-refractivity contribution in [3.8, 4) is 0 Å². The third-order valence-electron chi connectivity index (χ3n) is 2.46. The van der Waals surface area contributed by atoms with Crippen molar-refractivity contribution in [1.29, 1.82) is 0 Å². The number of hydrogen-bond donors (Lipinski definition) is 1. The summed E-state index contributed by atoms with van der Waals surface area (Å²) >= 11 is 0. The Kier molecular flexibility index (Phi) is 3.85. The summed E-state index contributed by atoms with van der Waals surface area (Å²) < 4.78 is 0. The Morgan fingerprint density at radius 3 is 1.60 bits per heavy atom. The smallest absolute Gasteiger partial charge is 0.258 e. The van der Waals surface area contributed by atoms with Crippen molar-refractivity contribution in [3.63, 3.8) is 0 Å². The van der Waals surface area contributed by atoms with Gasteiger partial charge in [-0.1, -0.05) is 18.2 Å². The molecule has 2 heterocycles.